The lowest BCUT2D eigenvalue weighted by Gasteiger charge is -2.48. The molecule has 0 saturated heterocycles. The van der Waals surface area contributed by atoms with Gasteiger partial charge in [0.25, 0.3) is 0 Å². The van der Waals surface area contributed by atoms with Crippen LogP contribution in [0.5, 0.6) is 5.75 Å². The van der Waals surface area contributed by atoms with E-state index in [4.69, 9.17) is 0 Å². The van der Waals surface area contributed by atoms with Gasteiger partial charge in [0.15, 0.2) is 0 Å². The summed E-state index contributed by atoms with van der Waals surface area (Å²) < 4.78 is 0. The zero-order valence-corrected chi connectivity index (χ0v) is 15.3. The summed E-state index contributed by atoms with van der Waals surface area (Å²) in [6.45, 7) is 2.23. The summed E-state index contributed by atoms with van der Waals surface area (Å²) in [4.78, 5) is 2.26. The Bertz CT molecular complexity index is 661. The molecule has 2 aliphatic rings. The maximum atomic E-state index is 9.99. The molecular formula is C20H24BrNO. The van der Waals surface area contributed by atoms with E-state index in [9.17, 15) is 5.11 Å². The van der Waals surface area contributed by atoms with E-state index in [0.29, 0.717) is 11.7 Å². The quantitative estimate of drug-likeness (QED) is 0.826. The van der Waals surface area contributed by atoms with Gasteiger partial charge in [0.05, 0.1) is 6.04 Å². The van der Waals surface area contributed by atoms with E-state index in [1.54, 1.807) is 6.07 Å². The standard InChI is InChI=1S/C20H23NO.BrH/c1-3-16-9-4-6-13-20(16,17-10-8-11-18(22)15-17)19-12-5-7-14-21(19)2;/h4-16,19,22H,3H2,1-2H3;1H. The molecule has 23 heavy (non-hydrogen) atoms. The average Bonchev–Trinajstić information content (AvgIpc) is 2.55. The fourth-order valence-electron chi connectivity index (χ4n) is 3.82. The first-order valence-electron chi connectivity index (χ1n) is 7.91. The van der Waals surface area contributed by atoms with Crippen molar-refractivity contribution in [1.82, 2.24) is 4.90 Å². The van der Waals surface area contributed by atoms with E-state index in [0.717, 1.165) is 12.0 Å². The summed E-state index contributed by atoms with van der Waals surface area (Å²) in [6.07, 6.45) is 18.5. The van der Waals surface area contributed by atoms with Crippen LogP contribution < -0.4 is 0 Å². The minimum Gasteiger partial charge on any atom is -0.508 e. The first kappa shape index (κ1) is 17.6. The molecule has 1 aromatic carbocycles. The smallest absolute Gasteiger partial charge is 0.115 e. The van der Waals surface area contributed by atoms with Crippen molar-refractivity contribution in [2.75, 3.05) is 7.05 Å². The number of allylic oxidation sites excluding steroid dienone is 5. The van der Waals surface area contributed by atoms with Crippen molar-refractivity contribution in [1.29, 1.82) is 0 Å². The molecule has 0 saturated carbocycles. The highest BCUT2D eigenvalue weighted by Crippen LogP contribution is 2.45. The summed E-state index contributed by atoms with van der Waals surface area (Å²) >= 11 is 0. The molecule has 3 heteroatoms. The second kappa shape index (κ2) is 7.22. The summed E-state index contributed by atoms with van der Waals surface area (Å²) in [7, 11) is 2.12. The second-order valence-electron chi connectivity index (χ2n) is 6.08. The van der Waals surface area contributed by atoms with Crippen molar-refractivity contribution in [3.8, 4) is 5.75 Å². The molecule has 0 radical (unpaired) electrons. The zero-order valence-electron chi connectivity index (χ0n) is 13.6. The highest BCUT2D eigenvalue weighted by atomic mass is 79.9. The minimum absolute atomic E-state index is 0. The van der Waals surface area contributed by atoms with Crippen molar-refractivity contribution >= 4 is 17.0 Å². The Hall–Kier alpha value is -1.74. The van der Waals surface area contributed by atoms with Gasteiger partial charge in [-0.05, 0) is 42.3 Å². The SMILES string of the molecule is Br.CCC1C=CC=CC1(c1cccc(O)c1)C1C=CC=CN1C. The zero-order chi connectivity index (χ0) is 15.6. The van der Waals surface area contributed by atoms with Crippen LogP contribution in [-0.2, 0) is 5.41 Å². The Kier molecular flexibility index (Phi) is 5.53. The lowest BCUT2D eigenvalue weighted by atomic mass is 9.62. The number of hydrogen-bond donors (Lipinski definition) is 1. The molecule has 1 N–H and O–H groups in total. The van der Waals surface area contributed by atoms with Gasteiger partial charge in [-0.3, -0.25) is 0 Å². The lowest BCUT2D eigenvalue weighted by Crippen LogP contribution is -2.50. The number of aromatic hydroxyl groups is 1. The summed E-state index contributed by atoms with van der Waals surface area (Å²) in [5.41, 5.74) is 0.995. The normalized spacial score (nSPS) is 28.7. The first-order chi connectivity index (χ1) is 10.7. The van der Waals surface area contributed by atoms with Gasteiger partial charge >= 0.3 is 0 Å². The maximum absolute atomic E-state index is 9.99. The molecule has 3 unspecified atom stereocenters. The van der Waals surface area contributed by atoms with Gasteiger partial charge in [0.2, 0.25) is 0 Å². The van der Waals surface area contributed by atoms with Crippen LogP contribution in [0.25, 0.3) is 0 Å². The van der Waals surface area contributed by atoms with Gasteiger partial charge in [0.1, 0.15) is 5.75 Å². The number of rotatable bonds is 3. The average molecular weight is 374 g/mol. The van der Waals surface area contributed by atoms with Crippen LogP contribution in [0.2, 0.25) is 0 Å². The molecule has 0 fully saturated rings. The number of benzene rings is 1. The molecular weight excluding hydrogens is 350 g/mol. The van der Waals surface area contributed by atoms with Gasteiger partial charge < -0.3 is 10.0 Å². The molecule has 0 spiro atoms. The van der Waals surface area contributed by atoms with Crippen LogP contribution in [0.4, 0.5) is 0 Å². The number of phenols is 1. The fraction of sp³-hybridized carbons (Fsp3) is 0.300. The predicted octanol–water partition coefficient (Wildman–Crippen LogP) is 4.74. The number of nitrogens with zero attached hydrogens (tertiary/aromatic N) is 1. The number of hydrogen-bond acceptors (Lipinski definition) is 2. The van der Waals surface area contributed by atoms with Crippen LogP contribution in [0, 0.1) is 5.92 Å². The van der Waals surface area contributed by atoms with Crippen LogP contribution >= 0.6 is 17.0 Å². The minimum atomic E-state index is -0.168. The predicted molar refractivity (Wildman–Crippen MR) is 102 cm³/mol. The summed E-state index contributed by atoms with van der Waals surface area (Å²) in [5.74, 6) is 0.718. The molecule has 3 atom stereocenters. The highest BCUT2D eigenvalue weighted by Gasteiger charge is 2.44. The topological polar surface area (TPSA) is 23.5 Å². The lowest BCUT2D eigenvalue weighted by molar-refractivity contribution is 0.222. The largest absolute Gasteiger partial charge is 0.508 e. The Morgan fingerprint density at radius 2 is 1.91 bits per heavy atom. The summed E-state index contributed by atoms with van der Waals surface area (Å²) in [5, 5.41) is 9.99. The van der Waals surface area contributed by atoms with Crippen molar-refractivity contribution in [2.24, 2.45) is 5.92 Å². The molecule has 2 nitrogen and oxygen atoms in total. The summed E-state index contributed by atoms with van der Waals surface area (Å²) in [6, 6.07) is 7.94. The van der Waals surface area contributed by atoms with Crippen LogP contribution in [0.15, 0.2) is 73.0 Å². The van der Waals surface area contributed by atoms with E-state index >= 15 is 0 Å². The highest BCUT2D eigenvalue weighted by molar-refractivity contribution is 8.93. The van der Waals surface area contributed by atoms with Crippen molar-refractivity contribution < 1.29 is 5.11 Å². The van der Waals surface area contributed by atoms with Crippen molar-refractivity contribution in [2.45, 2.75) is 24.8 Å². The monoisotopic (exact) mass is 373 g/mol. The van der Waals surface area contributed by atoms with Crippen LogP contribution in [-0.4, -0.2) is 23.1 Å². The first-order valence-corrected chi connectivity index (χ1v) is 7.91. The van der Waals surface area contributed by atoms with Crippen LogP contribution in [0.3, 0.4) is 0 Å². The van der Waals surface area contributed by atoms with Crippen molar-refractivity contribution in [3.63, 3.8) is 0 Å². The van der Waals surface area contributed by atoms with E-state index < -0.39 is 0 Å². The molecule has 0 aromatic heterocycles. The third-order valence-corrected chi connectivity index (χ3v) is 4.88. The number of halogens is 1. The molecule has 0 bridgehead atoms. The van der Waals surface area contributed by atoms with Crippen LogP contribution in [0.1, 0.15) is 18.9 Å². The van der Waals surface area contributed by atoms with Gasteiger partial charge in [-0.25, -0.2) is 0 Å². The van der Waals surface area contributed by atoms with Gasteiger partial charge in [-0.1, -0.05) is 55.5 Å². The van der Waals surface area contributed by atoms with Gasteiger partial charge in [-0.2, -0.15) is 0 Å². The molecule has 3 rings (SSSR count). The van der Waals surface area contributed by atoms with E-state index in [1.165, 1.54) is 0 Å². The van der Waals surface area contributed by atoms with E-state index in [1.807, 2.05) is 12.1 Å². The van der Waals surface area contributed by atoms with Gasteiger partial charge in [0, 0.05) is 12.5 Å². The Labute approximate surface area is 149 Å². The number of likely N-dealkylation sites (N-methyl/N-ethyl adjacent to an activating group) is 1. The van der Waals surface area contributed by atoms with E-state index in [2.05, 4.69) is 73.7 Å². The molecule has 1 aliphatic heterocycles. The maximum Gasteiger partial charge on any atom is 0.115 e. The molecule has 1 aliphatic carbocycles. The fourth-order valence-corrected chi connectivity index (χ4v) is 3.82. The third kappa shape index (κ3) is 3.02. The van der Waals surface area contributed by atoms with Gasteiger partial charge in [-0.15, -0.1) is 17.0 Å². The Morgan fingerprint density at radius 3 is 2.61 bits per heavy atom. The Morgan fingerprint density at radius 1 is 1.13 bits per heavy atom. The number of phenolic OH excluding ortho intramolecular Hbond substituents is 1. The molecule has 1 heterocycles. The molecule has 122 valence electrons. The Balaban J connectivity index is 0.00000192. The molecule has 1 aromatic rings. The second-order valence-corrected chi connectivity index (χ2v) is 6.08. The third-order valence-electron chi connectivity index (χ3n) is 4.88. The van der Waals surface area contributed by atoms with E-state index in [-0.39, 0.29) is 28.4 Å². The van der Waals surface area contributed by atoms with Crippen molar-refractivity contribution in [3.05, 3.63) is 78.6 Å². The molecule has 0 amide bonds.